The molecule has 2 rings (SSSR count). The van der Waals surface area contributed by atoms with Crippen LogP contribution in [-0.2, 0) is 6.54 Å². The minimum atomic E-state index is 0.0760. The van der Waals surface area contributed by atoms with Crippen LogP contribution in [0.15, 0.2) is 29.1 Å². The van der Waals surface area contributed by atoms with E-state index in [2.05, 4.69) is 26.1 Å². The highest BCUT2D eigenvalue weighted by atomic mass is 16.1. The molecule has 0 amide bonds. The van der Waals surface area contributed by atoms with Crippen molar-refractivity contribution in [3.05, 3.63) is 40.4 Å². The van der Waals surface area contributed by atoms with E-state index in [1.807, 2.05) is 28.8 Å². The maximum atomic E-state index is 12.8. The first-order chi connectivity index (χ1) is 11.2. The van der Waals surface area contributed by atoms with Gasteiger partial charge in [0.25, 0.3) is 5.56 Å². The summed E-state index contributed by atoms with van der Waals surface area (Å²) in [7, 11) is 0. The molecule has 0 saturated heterocycles. The molecule has 1 atom stereocenters. The Morgan fingerprint density at radius 3 is 2.65 bits per heavy atom. The maximum absolute atomic E-state index is 12.8. The number of hydrogen-bond donors (Lipinski definition) is 1. The molecule has 0 unspecified atom stereocenters. The van der Waals surface area contributed by atoms with Gasteiger partial charge in [0.1, 0.15) is 5.82 Å². The van der Waals surface area contributed by atoms with Crippen molar-refractivity contribution < 1.29 is 0 Å². The highest BCUT2D eigenvalue weighted by molar-refractivity contribution is 5.77. The predicted molar refractivity (Wildman–Crippen MR) is 96.9 cm³/mol. The lowest BCUT2D eigenvalue weighted by molar-refractivity contribution is 0.481. The van der Waals surface area contributed by atoms with Crippen molar-refractivity contribution in [2.45, 2.75) is 65.5 Å². The molecule has 4 nitrogen and oxygen atoms in total. The normalized spacial score (nSPS) is 12.7. The standard InChI is InChI=1S/C19H29N3O/c1-4-6-7-10-13-20-15(3)18-21-17-12-9-8-11-16(17)19(23)22(18)14-5-2/h8-9,11-12,15,20H,4-7,10,13-14H2,1-3H3/t15-/m0/s1. The largest absolute Gasteiger partial charge is 0.308 e. The topological polar surface area (TPSA) is 46.9 Å². The Hall–Kier alpha value is -1.68. The van der Waals surface area contributed by atoms with E-state index < -0.39 is 0 Å². The zero-order chi connectivity index (χ0) is 16.7. The van der Waals surface area contributed by atoms with Gasteiger partial charge in [0.15, 0.2) is 0 Å². The Balaban J connectivity index is 2.23. The third kappa shape index (κ3) is 4.41. The van der Waals surface area contributed by atoms with Gasteiger partial charge in [-0.15, -0.1) is 0 Å². The lowest BCUT2D eigenvalue weighted by atomic mass is 10.2. The van der Waals surface area contributed by atoms with Gasteiger partial charge in [-0.2, -0.15) is 0 Å². The van der Waals surface area contributed by atoms with Crippen LogP contribution in [0.5, 0.6) is 0 Å². The average Bonchev–Trinajstić information content (AvgIpc) is 2.57. The molecule has 1 N–H and O–H groups in total. The van der Waals surface area contributed by atoms with E-state index in [0.717, 1.165) is 24.3 Å². The van der Waals surface area contributed by atoms with E-state index >= 15 is 0 Å². The number of fused-ring (bicyclic) bond motifs is 1. The first-order valence-corrected chi connectivity index (χ1v) is 8.91. The number of nitrogens with one attached hydrogen (secondary N) is 1. The molecule has 1 aromatic heterocycles. The van der Waals surface area contributed by atoms with Crippen LogP contribution in [0.1, 0.15) is 64.7 Å². The molecule has 0 aliphatic carbocycles. The average molecular weight is 315 g/mol. The molecule has 0 bridgehead atoms. The highest BCUT2D eigenvalue weighted by Gasteiger charge is 2.15. The number of rotatable bonds is 9. The SMILES string of the molecule is CCCCCCN[C@@H](C)c1nc2ccccc2c(=O)n1CCC. The fourth-order valence-electron chi connectivity index (χ4n) is 2.92. The van der Waals surface area contributed by atoms with E-state index in [-0.39, 0.29) is 11.6 Å². The third-order valence-electron chi connectivity index (χ3n) is 4.21. The molecule has 126 valence electrons. The fourth-order valence-corrected chi connectivity index (χ4v) is 2.92. The quantitative estimate of drug-likeness (QED) is 0.710. The minimum Gasteiger partial charge on any atom is -0.308 e. The van der Waals surface area contributed by atoms with Crippen LogP contribution in [0, 0.1) is 0 Å². The molecular weight excluding hydrogens is 286 g/mol. The summed E-state index contributed by atoms with van der Waals surface area (Å²) >= 11 is 0. The zero-order valence-electron chi connectivity index (χ0n) is 14.6. The highest BCUT2D eigenvalue weighted by Crippen LogP contribution is 2.14. The summed E-state index contributed by atoms with van der Waals surface area (Å²) in [5.74, 6) is 0.853. The number of nitrogens with zero attached hydrogens (tertiary/aromatic N) is 2. The van der Waals surface area contributed by atoms with Gasteiger partial charge < -0.3 is 5.32 Å². The summed E-state index contributed by atoms with van der Waals surface area (Å²) < 4.78 is 1.84. The number of para-hydroxylation sites is 1. The van der Waals surface area contributed by atoms with Crippen LogP contribution in [0.2, 0.25) is 0 Å². The Labute approximate surface area is 138 Å². The van der Waals surface area contributed by atoms with Crippen molar-refractivity contribution in [1.29, 1.82) is 0 Å². The zero-order valence-corrected chi connectivity index (χ0v) is 14.6. The molecule has 0 aliphatic heterocycles. The van der Waals surface area contributed by atoms with Crippen LogP contribution in [-0.4, -0.2) is 16.1 Å². The molecule has 1 aromatic carbocycles. The van der Waals surface area contributed by atoms with Gasteiger partial charge in [-0.1, -0.05) is 45.2 Å². The molecule has 0 aliphatic rings. The summed E-state index contributed by atoms with van der Waals surface area (Å²) in [6.07, 6.45) is 5.88. The molecule has 0 spiro atoms. The Morgan fingerprint density at radius 1 is 1.13 bits per heavy atom. The van der Waals surface area contributed by atoms with E-state index in [9.17, 15) is 4.79 Å². The van der Waals surface area contributed by atoms with Crippen molar-refractivity contribution in [1.82, 2.24) is 14.9 Å². The maximum Gasteiger partial charge on any atom is 0.261 e. The van der Waals surface area contributed by atoms with E-state index in [0.29, 0.717) is 11.9 Å². The van der Waals surface area contributed by atoms with Crippen molar-refractivity contribution >= 4 is 10.9 Å². The second kappa shape index (κ2) is 8.82. The van der Waals surface area contributed by atoms with Crippen LogP contribution in [0.25, 0.3) is 10.9 Å². The summed E-state index contributed by atoms with van der Waals surface area (Å²) in [6, 6.07) is 7.71. The Kier molecular flexibility index (Phi) is 6.78. The number of hydrogen-bond acceptors (Lipinski definition) is 3. The van der Waals surface area contributed by atoms with Crippen molar-refractivity contribution in [2.75, 3.05) is 6.54 Å². The van der Waals surface area contributed by atoms with E-state index in [1.165, 1.54) is 25.7 Å². The van der Waals surface area contributed by atoms with Gasteiger partial charge in [0.05, 0.1) is 16.9 Å². The van der Waals surface area contributed by atoms with E-state index in [4.69, 9.17) is 4.98 Å². The fraction of sp³-hybridized carbons (Fsp3) is 0.579. The third-order valence-corrected chi connectivity index (χ3v) is 4.21. The van der Waals surface area contributed by atoms with Crippen LogP contribution < -0.4 is 10.9 Å². The summed E-state index contributed by atoms with van der Waals surface area (Å²) in [6.45, 7) is 8.10. The Bertz CT molecular complexity index is 678. The second-order valence-electron chi connectivity index (χ2n) is 6.18. The van der Waals surface area contributed by atoms with Crippen molar-refractivity contribution in [2.24, 2.45) is 0 Å². The predicted octanol–water partition coefficient (Wildman–Crippen LogP) is 4.04. The minimum absolute atomic E-state index is 0.0760. The number of unbranched alkanes of at least 4 members (excludes halogenated alkanes) is 3. The summed E-state index contributed by atoms with van der Waals surface area (Å²) in [5, 5.41) is 4.23. The van der Waals surface area contributed by atoms with Crippen LogP contribution >= 0.6 is 0 Å². The van der Waals surface area contributed by atoms with Gasteiger partial charge in [-0.3, -0.25) is 9.36 Å². The molecule has 0 saturated carbocycles. The van der Waals surface area contributed by atoms with Crippen LogP contribution in [0.3, 0.4) is 0 Å². The van der Waals surface area contributed by atoms with Crippen LogP contribution in [0.4, 0.5) is 0 Å². The first kappa shape index (κ1) is 17.7. The molecule has 0 fully saturated rings. The monoisotopic (exact) mass is 315 g/mol. The first-order valence-electron chi connectivity index (χ1n) is 8.91. The second-order valence-corrected chi connectivity index (χ2v) is 6.18. The van der Waals surface area contributed by atoms with E-state index in [1.54, 1.807) is 0 Å². The van der Waals surface area contributed by atoms with Crippen molar-refractivity contribution in [3.8, 4) is 0 Å². The van der Waals surface area contributed by atoms with Crippen molar-refractivity contribution in [3.63, 3.8) is 0 Å². The number of aromatic nitrogens is 2. The van der Waals surface area contributed by atoms with Gasteiger partial charge in [0, 0.05) is 6.54 Å². The molecule has 1 heterocycles. The molecule has 0 radical (unpaired) electrons. The summed E-state index contributed by atoms with van der Waals surface area (Å²) in [5.41, 5.74) is 0.867. The lowest BCUT2D eigenvalue weighted by Crippen LogP contribution is -2.31. The lowest BCUT2D eigenvalue weighted by Gasteiger charge is -2.19. The van der Waals surface area contributed by atoms with Gasteiger partial charge in [-0.25, -0.2) is 4.98 Å². The summed E-state index contributed by atoms with van der Waals surface area (Å²) in [4.78, 5) is 17.5. The molecule has 2 aromatic rings. The Morgan fingerprint density at radius 2 is 1.91 bits per heavy atom. The van der Waals surface area contributed by atoms with Gasteiger partial charge >= 0.3 is 0 Å². The molecular formula is C19H29N3O. The molecule has 23 heavy (non-hydrogen) atoms. The number of benzene rings is 1. The van der Waals surface area contributed by atoms with Gasteiger partial charge in [0.2, 0.25) is 0 Å². The smallest absolute Gasteiger partial charge is 0.261 e. The molecule has 4 heteroatoms. The van der Waals surface area contributed by atoms with Gasteiger partial charge in [-0.05, 0) is 38.4 Å².